The fourth-order valence-corrected chi connectivity index (χ4v) is 6.25. The van der Waals surface area contributed by atoms with Gasteiger partial charge in [0.05, 0.1) is 0 Å². The predicted octanol–water partition coefficient (Wildman–Crippen LogP) is 6.45. The van der Waals surface area contributed by atoms with Crippen LogP contribution in [0.3, 0.4) is 0 Å². The largest absolute Gasteiger partial charge is 0.489 e. The average molecular weight is 387 g/mol. The van der Waals surface area contributed by atoms with E-state index < -0.39 is 0 Å². The van der Waals surface area contributed by atoms with Crippen molar-refractivity contribution in [2.75, 3.05) is 0 Å². The summed E-state index contributed by atoms with van der Waals surface area (Å²) in [4.78, 5) is 13.3. The summed E-state index contributed by atoms with van der Waals surface area (Å²) in [5.41, 5.74) is 2.13. The summed E-state index contributed by atoms with van der Waals surface area (Å²) in [6.07, 6.45) is 12.7. The van der Waals surface area contributed by atoms with Crippen molar-refractivity contribution in [1.82, 2.24) is 0 Å². The summed E-state index contributed by atoms with van der Waals surface area (Å²) >= 11 is 0. The Hall–Kier alpha value is -2.35. The van der Waals surface area contributed by atoms with Crippen LogP contribution in [0.15, 0.2) is 60.7 Å². The highest BCUT2D eigenvalue weighted by Crippen LogP contribution is 2.60. The molecule has 3 fully saturated rings. The normalized spacial score (nSPS) is 30.4. The van der Waals surface area contributed by atoms with Crippen LogP contribution in [0, 0.1) is 23.2 Å². The number of rotatable bonds is 6. The van der Waals surface area contributed by atoms with Crippen LogP contribution in [0.2, 0.25) is 0 Å². The predicted molar refractivity (Wildman–Crippen MR) is 116 cm³/mol. The molecule has 0 heterocycles. The molecule has 0 aromatic heterocycles. The van der Waals surface area contributed by atoms with Gasteiger partial charge >= 0.3 is 0 Å². The Morgan fingerprint density at radius 3 is 2.76 bits per heavy atom. The number of benzene rings is 2. The summed E-state index contributed by atoms with van der Waals surface area (Å²) < 4.78 is 5.93. The van der Waals surface area contributed by atoms with Crippen LogP contribution in [0.1, 0.15) is 56.1 Å². The van der Waals surface area contributed by atoms with Gasteiger partial charge in [0.25, 0.3) is 0 Å². The van der Waals surface area contributed by atoms with Crippen LogP contribution in [-0.2, 0) is 11.4 Å². The second kappa shape index (κ2) is 7.82. The molecule has 5 rings (SSSR count). The summed E-state index contributed by atoms with van der Waals surface area (Å²) in [6, 6.07) is 18.2. The lowest BCUT2D eigenvalue weighted by molar-refractivity contribution is -0.125. The summed E-state index contributed by atoms with van der Waals surface area (Å²) in [5.74, 6) is 3.60. The highest BCUT2D eigenvalue weighted by molar-refractivity contribution is 5.98. The highest BCUT2D eigenvalue weighted by Gasteiger charge is 2.54. The van der Waals surface area contributed by atoms with Gasteiger partial charge in [0.1, 0.15) is 12.4 Å². The lowest BCUT2D eigenvalue weighted by Gasteiger charge is -2.36. The van der Waals surface area contributed by atoms with Gasteiger partial charge in [-0.05, 0) is 72.8 Å². The molecule has 2 aromatic carbocycles. The molecule has 3 saturated carbocycles. The quantitative estimate of drug-likeness (QED) is 0.533. The molecule has 2 heteroatoms. The Kier molecular flexibility index (Phi) is 5.03. The zero-order chi connectivity index (χ0) is 19.7. The second-order valence-corrected chi connectivity index (χ2v) is 9.49. The minimum atomic E-state index is -0.0589. The maximum absolute atomic E-state index is 13.3. The molecule has 0 spiro atoms. The van der Waals surface area contributed by atoms with Gasteiger partial charge < -0.3 is 4.74 Å². The van der Waals surface area contributed by atoms with E-state index in [-0.39, 0.29) is 5.41 Å². The van der Waals surface area contributed by atoms with Crippen LogP contribution in [-0.4, -0.2) is 5.78 Å². The third-order valence-electron chi connectivity index (χ3n) is 7.53. The molecule has 2 nitrogen and oxygen atoms in total. The van der Waals surface area contributed by atoms with Crippen molar-refractivity contribution in [3.63, 3.8) is 0 Å². The Balaban J connectivity index is 1.26. The van der Waals surface area contributed by atoms with Gasteiger partial charge in [-0.2, -0.15) is 0 Å². The van der Waals surface area contributed by atoms with Crippen LogP contribution >= 0.6 is 0 Å². The SMILES string of the molecule is O=C(/C=C/c1cccc(OCc2ccccc2)c1)C12CC3CCCC(C1)C(C3)C2. The van der Waals surface area contributed by atoms with Gasteiger partial charge in [-0.15, -0.1) is 0 Å². The second-order valence-electron chi connectivity index (χ2n) is 9.49. The van der Waals surface area contributed by atoms with Gasteiger partial charge in [0.15, 0.2) is 5.78 Å². The Morgan fingerprint density at radius 1 is 1.00 bits per heavy atom. The van der Waals surface area contributed by atoms with Crippen LogP contribution in [0.25, 0.3) is 6.08 Å². The van der Waals surface area contributed by atoms with Gasteiger partial charge in [-0.3, -0.25) is 4.79 Å². The summed E-state index contributed by atoms with van der Waals surface area (Å²) in [5, 5.41) is 0. The van der Waals surface area contributed by atoms with Crippen molar-refractivity contribution in [1.29, 1.82) is 0 Å². The summed E-state index contributed by atoms with van der Waals surface area (Å²) in [6.45, 7) is 0.556. The van der Waals surface area contributed by atoms with Crippen LogP contribution in [0.5, 0.6) is 5.75 Å². The van der Waals surface area contributed by atoms with Crippen LogP contribution in [0.4, 0.5) is 0 Å². The molecule has 4 atom stereocenters. The van der Waals surface area contributed by atoms with E-state index in [1.165, 1.54) is 25.7 Å². The topological polar surface area (TPSA) is 26.3 Å². The van der Waals surface area contributed by atoms with Crippen molar-refractivity contribution >= 4 is 11.9 Å². The fourth-order valence-electron chi connectivity index (χ4n) is 6.25. The van der Waals surface area contributed by atoms with Crippen molar-refractivity contribution in [2.24, 2.45) is 23.2 Å². The Labute approximate surface area is 174 Å². The number of ketones is 1. The number of ether oxygens (including phenoxy) is 1. The number of hydrogen-bond donors (Lipinski definition) is 0. The number of fused-ring (bicyclic) bond motifs is 2. The van der Waals surface area contributed by atoms with E-state index in [4.69, 9.17) is 4.74 Å². The smallest absolute Gasteiger partial charge is 0.161 e. The molecule has 4 unspecified atom stereocenters. The molecule has 0 saturated heterocycles. The average Bonchev–Trinajstić information content (AvgIpc) is 2.92. The molecule has 29 heavy (non-hydrogen) atoms. The summed E-state index contributed by atoms with van der Waals surface area (Å²) in [7, 11) is 0. The van der Waals surface area contributed by atoms with E-state index in [1.54, 1.807) is 0 Å². The first kappa shape index (κ1) is 18.7. The van der Waals surface area contributed by atoms with E-state index in [2.05, 4.69) is 12.1 Å². The van der Waals surface area contributed by atoms with E-state index in [0.717, 1.165) is 53.9 Å². The van der Waals surface area contributed by atoms with Crippen molar-refractivity contribution in [3.8, 4) is 5.75 Å². The molecule has 3 aliphatic carbocycles. The Bertz CT molecular complexity index is 896. The number of allylic oxidation sites excluding steroid dienone is 1. The first-order valence-corrected chi connectivity index (χ1v) is 11.2. The van der Waals surface area contributed by atoms with Gasteiger partial charge in [0, 0.05) is 5.41 Å². The number of carbonyl (C=O) groups excluding carboxylic acids is 1. The van der Waals surface area contributed by atoms with Crippen molar-refractivity contribution in [2.45, 2.75) is 51.6 Å². The number of hydrogen-bond acceptors (Lipinski definition) is 2. The lowest BCUT2D eigenvalue weighted by Crippen LogP contribution is -2.33. The Morgan fingerprint density at radius 2 is 1.86 bits per heavy atom. The highest BCUT2D eigenvalue weighted by atomic mass is 16.5. The zero-order valence-corrected chi connectivity index (χ0v) is 17.1. The maximum Gasteiger partial charge on any atom is 0.161 e. The molecule has 3 bridgehead atoms. The van der Waals surface area contributed by atoms with E-state index >= 15 is 0 Å². The van der Waals surface area contributed by atoms with Gasteiger partial charge in [0.2, 0.25) is 0 Å². The molecular formula is C27H30O2. The van der Waals surface area contributed by atoms with Crippen LogP contribution < -0.4 is 4.74 Å². The first-order valence-electron chi connectivity index (χ1n) is 11.2. The van der Waals surface area contributed by atoms with Gasteiger partial charge in [-0.1, -0.05) is 67.8 Å². The fraction of sp³-hybridized carbons (Fsp3) is 0.444. The monoisotopic (exact) mass is 386 g/mol. The van der Waals surface area contributed by atoms with Gasteiger partial charge in [-0.25, -0.2) is 0 Å². The molecule has 3 aliphatic rings. The van der Waals surface area contributed by atoms with Crippen molar-refractivity contribution in [3.05, 3.63) is 71.8 Å². The van der Waals surface area contributed by atoms with E-state index in [1.807, 2.05) is 54.6 Å². The minimum Gasteiger partial charge on any atom is -0.489 e. The lowest BCUT2D eigenvalue weighted by atomic mass is 9.67. The first-order chi connectivity index (χ1) is 14.2. The van der Waals surface area contributed by atoms with Crippen molar-refractivity contribution < 1.29 is 9.53 Å². The third kappa shape index (κ3) is 3.90. The third-order valence-corrected chi connectivity index (χ3v) is 7.53. The molecule has 150 valence electrons. The zero-order valence-electron chi connectivity index (χ0n) is 17.1. The molecule has 2 aromatic rings. The molecule has 0 radical (unpaired) electrons. The molecule has 0 amide bonds. The standard InChI is InChI=1S/C27H30O2/c28-26(27-16-22-9-4-10-23(17-27)24(14-22)18-27)13-12-20-8-5-11-25(15-20)29-19-21-6-2-1-3-7-21/h1-3,5-8,11-13,15,22-24H,4,9-10,14,16-19H2/b13-12+. The van der Waals surface area contributed by atoms with E-state index in [9.17, 15) is 4.79 Å². The maximum atomic E-state index is 13.3. The molecule has 0 N–H and O–H groups in total. The minimum absolute atomic E-state index is 0.0589. The molecule has 0 aliphatic heterocycles. The van der Waals surface area contributed by atoms with E-state index in [0.29, 0.717) is 12.4 Å². The molecular weight excluding hydrogens is 356 g/mol. The number of carbonyl (C=O) groups is 1.